The zero-order valence-corrected chi connectivity index (χ0v) is 14.2. The summed E-state index contributed by atoms with van der Waals surface area (Å²) < 4.78 is 5.64. The van der Waals surface area contributed by atoms with Gasteiger partial charge in [-0.2, -0.15) is 0 Å². The van der Waals surface area contributed by atoms with Crippen LogP contribution in [0.3, 0.4) is 0 Å². The van der Waals surface area contributed by atoms with Crippen LogP contribution in [0.5, 0.6) is 5.75 Å². The summed E-state index contributed by atoms with van der Waals surface area (Å²) >= 11 is 1.54. The Morgan fingerprint density at radius 2 is 1.88 bits per heavy atom. The fraction of sp³-hybridized carbons (Fsp3) is 0.158. The summed E-state index contributed by atoms with van der Waals surface area (Å²) in [7, 11) is 0. The molecule has 0 aliphatic rings. The number of hydrogen-bond donors (Lipinski definition) is 1. The molecule has 0 radical (unpaired) electrons. The van der Waals surface area contributed by atoms with Crippen molar-refractivity contribution in [1.82, 2.24) is 4.98 Å². The molecule has 122 valence electrons. The van der Waals surface area contributed by atoms with Gasteiger partial charge in [0.15, 0.2) is 0 Å². The van der Waals surface area contributed by atoms with Crippen LogP contribution in [-0.2, 0) is 13.0 Å². The van der Waals surface area contributed by atoms with Crippen LogP contribution in [0.15, 0.2) is 59.4 Å². The van der Waals surface area contributed by atoms with E-state index >= 15 is 0 Å². The van der Waals surface area contributed by atoms with Crippen molar-refractivity contribution < 1.29 is 9.53 Å². The Hall–Kier alpha value is -2.66. The number of aryl methyl sites for hydroxylation is 1. The number of hydrogen-bond acceptors (Lipinski definition) is 4. The molecule has 0 saturated carbocycles. The molecule has 0 aliphatic carbocycles. The fourth-order valence-corrected chi connectivity index (χ4v) is 2.74. The van der Waals surface area contributed by atoms with Crippen LogP contribution in [0.1, 0.15) is 28.5 Å². The summed E-state index contributed by atoms with van der Waals surface area (Å²) in [5, 5.41) is 4.85. The Balaban J connectivity index is 1.58. The topological polar surface area (TPSA) is 51.2 Å². The van der Waals surface area contributed by atoms with Crippen LogP contribution in [0.2, 0.25) is 0 Å². The van der Waals surface area contributed by atoms with E-state index in [0.717, 1.165) is 17.8 Å². The van der Waals surface area contributed by atoms with Gasteiger partial charge in [0.25, 0.3) is 5.91 Å². The number of rotatable bonds is 6. The number of aromatic nitrogens is 1. The molecule has 3 aromatic rings. The van der Waals surface area contributed by atoms with Gasteiger partial charge in [0.05, 0.1) is 11.2 Å². The average molecular weight is 338 g/mol. The Labute approximate surface area is 145 Å². The van der Waals surface area contributed by atoms with Gasteiger partial charge in [0, 0.05) is 16.6 Å². The van der Waals surface area contributed by atoms with Crippen molar-refractivity contribution in [2.24, 2.45) is 0 Å². The van der Waals surface area contributed by atoms with Crippen molar-refractivity contribution >= 4 is 22.9 Å². The van der Waals surface area contributed by atoms with Crippen molar-refractivity contribution in [1.29, 1.82) is 0 Å². The lowest BCUT2D eigenvalue weighted by molar-refractivity contribution is 0.102. The van der Waals surface area contributed by atoms with E-state index in [1.54, 1.807) is 41.1 Å². The van der Waals surface area contributed by atoms with Gasteiger partial charge in [-0.25, -0.2) is 4.98 Å². The predicted octanol–water partition coefficient (Wildman–Crippen LogP) is 4.54. The number of anilines is 1. The van der Waals surface area contributed by atoms with Gasteiger partial charge in [0.1, 0.15) is 12.4 Å². The first-order valence-electron chi connectivity index (χ1n) is 7.75. The SMILES string of the molecule is CCc1ccc(NC(=O)c2ccc(OCc3cscn3)cc2)cc1. The first kappa shape index (κ1) is 16.2. The van der Waals surface area contributed by atoms with Crippen LogP contribution in [0.25, 0.3) is 0 Å². The standard InChI is InChI=1S/C19H18N2O2S/c1-2-14-3-7-16(8-4-14)21-19(22)15-5-9-18(10-6-15)23-11-17-12-24-13-20-17/h3-10,12-13H,2,11H2,1H3,(H,21,22). The third-order valence-corrected chi connectivity index (χ3v) is 4.24. The number of carbonyl (C=O) groups is 1. The lowest BCUT2D eigenvalue weighted by atomic mass is 10.1. The quantitative estimate of drug-likeness (QED) is 0.718. The maximum atomic E-state index is 12.3. The molecular weight excluding hydrogens is 320 g/mol. The molecule has 0 aliphatic heterocycles. The molecule has 24 heavy (non-hydrogen) atoms. The minimum absolute atomic E-state index is 0.134. The maximum Gasteiger partial charge on any atom is 0.255 e. The van der Waals surface area contributed by atoms with Crippen LogP contribution in [0, 0.1) is 0 Å². The van der Waals surface area contributed by atoms with E-state index in [0.29, 0.717) is 17.9 Å². The van der Waals surface area contributed by atoms with Crippen LogP contribution < -0.4 is 10.1 Å². The monoisotopic (exact) mass is 338 g/mol. The second kappa shape index (κ2) is 7.75. The Bertz CT molecular complexity index is 781. The van der Waals surface area contributed by atoms with E-state index in [4.69, 9.17) is 4.74 Å². The molecule has 0 bridgehead atoms. The normalized spacial score (nSPS) is 10.4. The minimum Gasteiger partial charge on any atom is -0.487 e. The molecule has 1 aromatic heterocycles. The number of carbonyl (C=O) groups excluding carboxylic acids is 1. The first-order valence-corrected chi connectivity index (χ1v) is 8.69. The van der Waals surface area contributed by atoms with Crippen molar-refractivity contribution in [3.63, 3.8) is 0 Å². The molecule has 5 heteroatoms. The first-order chi connectivity index (χ1) is 11.7. The Morgan fingerprint density at radius 1 is 1.12 bits per heavy atom. The summed E-state index contributed by atoms with van der Waals surface area (Å²) in [6.07, 6.45) is 0.983. The number of amides is 1. The molecule has 0 spiro atoms. The highest BCUT2D eigenvalue weighted by Gasteiger charge is 2.06. The van der Waals surface area contributed by atoms with Gasteiger partial charge >= 0.3 is 0 Å². The molecule has 1 N–H and O–H groups in total. The van der Waals surface area contributed by atoms with Gasteiger partial charge in [0.2, 0.25) is 0 Å². The summed E-state index contributed by atoms with van der Waals surface area (Å²) in [5.74, 6) is 0.581. The Kier molecular flexibility index (Phi) is 5.23. The van der Waals surface area contributed by atoms with E-state index in [9.17, 15) is 4.79 Å². The summed E-state index contributed by atoms with van der Waals surface area (Å²) in [4.78, 5) is 16.4. The second-order valence-corrected chi connectivity index (χ2v) is 6.02. The highest BCUT2D eigenvalue weighted by molar-refractivity contribution is 7.07. The third-order valence-electron chi connectivity index (χ3n) is 3.61. The molecule has 1 heterocycles. The van der Waals surface area contributed by atoms with Crippen LogP contribution in [0.4, 0.5) is 5.69 Å². The van der Waals surface area contributed by atoms with E-state index in [1.807, 2.05) is 29.6 Å². The second-order valence-electron chi connectivity index (χ2n) is 5.30. The minimum atomic E-state index is -0.134. The van der Waals surface area contributed by atoms with Crippen molar-refractivity contribution in [3.05, 3.63) is 76.2 Å². The predicted molar refractivity (Wildman–Crippen MR) is 96.7 cm³/mol. The fourth-order valence-electron chi connectivity index (χ4n) is 2.20. The largest absolute Gasteiger partial charge is 0.487 e. The maximum absolute atomic E-state index is 12.3. The van der Waals surface area contributed by atoms with Crippen LogP contribution >= 0.6 is 11.3 Å². The molecular formula is C19H18N2O2S. The number of benzene rings is 2. The molecule has 0 atom stereocenters. The van der Waals surface area contributed by atoms with Crippen molar-refractivity contribution in [3.8, 4) is 5.75 Å². The number of nitrogens with zero attached hydrogens (tertiary/aromatic N) is 1. The highest BCUT2D eigenvalue weighted by Crippen LogP contribution is 2.16. The van der Waals surface area contributed by atoms with E-state index in [2.05, 4.69) is 17.2 Å². The number of ether oxygens (including phenoxy) is 1. The van der Waals surface area contributed by atoms with E-state index in [1.165, 1.54) is 5.56 Å². The lowest BCUT2D eigenvalue weighted by Gasteiger charge is -2.08. The van der Waals surface area contributed by atoms with Crippen LogP contribution in [-0.4, -0.2) is 10.9 Å². The molecule has 4 nitrogen and oxygen atoms in total. The zero-order valence-electron chi connectivity index (χ0n) is 13.4. The molecule has 3 rings (SSSR count). The lowest BCUT2D eigenvalue weighted by Crippen LogP contribution is -2.11. The summed E-state index contributed by atoms with van der Waals surface area (Å²) in [6, 6.07) is 15.0. The molecule has 1 amide bonds. The molecule has 2 aromatic carbocycles. The van der Waals surface area contributed by atoms with Gasteiger partial charge in [-0.1, -0.05) is 19.1 Å². The summed E-state index contributed by atoms with van der Waals surface area (Å²) in [5.41, 5.74) is 5.31. The van der Waals surface area contributed by atoms with Crippen molar-refractivity contribution in [2.45, 2.75) is 20.0 Å². The number of thiazole rings is 1. The third kappa shape index (κ3) is 4.20. The molecule has 0 unspecified atom stereocenters. The van der Waals surface area contributed by atoms with E-state index < -0.39 is 0 Å². The van der Waals surface area contributed by atoms with Gasteiger partial charge in [-0.05, 0) is 48.4 Å². The highest BCUT2D eigenvalue weighted by atomic mass is 32.1. The van der Waals surface area contributed by atoms with Gasteiger partial charge in [-0.15, -0.1) is 11.3 Å². The van der Waals surface area contributed by atoms with Gasteiger partial charge < -0.3 is 10.1 Å². The Morgan fingerprint density at radius 3 is 2.50 bits per heavy atom. The summed E-state index contributed by atoms with van der Waals surface area (Å²) in [6.45, 7) is 2.53. The zero-order chi connectivity index (χ0) is 16.8. The smallest absolute Gasteiger partial charge is 0.255 e. The van der Waals surface area contributed by atoms with Gasteiger partial charge in [-0.3, -0.25) is 4.79 Å². The average Bonchev–Trinajstić information content (AvgIpc) is 3.14. The van der Waals surface area contributed by atoms with E-state index in [-0.39, 0.29) is 5.91 Å². The molecule has 0 fully saturated rings. The number of nitrogens with one attached hydrogen (secondary N) is 1. The van der Waals surface area contributed by atoms with Crippen molar-refractivity contribution in [2.75, 3.05) is 5.32 Å². The molecule has 0 saturated heterocycles.